The number of carbonyl (C=O) groups is 1. The molecule has 2 rings (SSSR count). The Kier molecular flexibility index (Phi) is 6.40. The number of halogens is 1. The quantitative estimate of drug-likeness (QED) is 0.769. The van der Waals surface area contributed by atoms with E-state index in [-0.39, 0.29) is 18.5 Å². The minimum absolute atomic E-state index is 0.0534. The Morgan fingerprint density at radius 1 is 1.17 bits per heavy atom. The lowest BCUT2D eigenvalue weighted by atomic mass is 10.1. The molecule has 0 saturated carbocycles. The van der Waals surface area contributed by atoms with E-state index < -0.39 is 0 Å². The average molecular weight is 391 g/mol. The molecule has 24 heavy (non-hydrogen) atoms. The van der Waals surface area contributed by atoms with Crippen LogP contribution in [0.15, 0.2) is 40.9 Å². The molecule has 0 aliphatic carbocycles. The highest BCUT2D eigenvalue weighted by molar-refractivity contribution is 9.10. The Hall–Kier alpha value is -1.85. The Bertz CT molecular complexity index is 731. The summed E-state index contributed by atoms with van der Waals surface area (Å²) in [6.45, 7) is 6.36. The predicted octanol–water partition coefficient (Wildman–Crippen LogP) is 4.36. The van der Waals surface area contributed by atoms with E-state index in [0.29, 0.717) is 0 Å². The summed E-state index contributed by atoms with van der Waals surface area (Å²) in [5.74, 6) is 0.733. The molecule has 2 aromatic carbocycles. The number of aryl methyl sites for hydroxylation is 2. The van der Waals surface area contributed by atoms with Gasteiger partial charge in [0.2, 0.25) is 5.91 Å². The molecule has 5 heteroatoms. The number of amides is 1. The summed E-state index contributed by atoms with van der Waals surface area (Å²) in [5.41, 5.74) is 4.29. The number of rotatable bonds is 6. The van der Waals surface area contributed by atoms with Gasteiger partial charge in [-0.2, -0.15) is 0 Å². The first kappa shape index (κ1) is 18.5. The van der Waals surface area contributed by atoms with Crippen LogP contribution in [0.5, 0.6) is 5.75 Å². The van der Waals surface area contributed by atoms with Gasteiger partial charge in [0.15, 0.2) is 0 Å². The first-order chi connectivity index (χ1) is 11.4. The van der Waals surface area contributed by atoms with Gasteiger partial charge < -0.3 is 15.4 Å². The monoisotopic (exact) mass is 390 g/mol. The van der Waals surface area contributed by atoms with Crippen molar-refractivity contribution in [1.82, 2.24) is 5.32 Å². The summed E-state index contributed by atoms with van der Waals surface area (Å²) in [6.07, 6.45) is 0. The lowest BCUT2D eigenvalue weighted by molar-refractivity contribution is -0.115. The fraction of sp³-hybridized carbons (Fsp3) is 0.316. The molecule has 128 valence electrons. The SMILES string of the molecule is COc1ccc([C@H](C)NCC(=O)Nc2ccc(C)c(C)c2)cc1Br. The van der Waals surface area contributed by atoms with E-state index in [1.165, 1.54) is 5.56 Å². The number of anilines is 1. The molecule has 1 atom stereocenters. The zero-order valence-corrected chi connectivity index (χ0v) is 16.0. The summed E-state index contributed by atoms with van der Waals surface area (Å²) in [7, 11) is 1.64. The second-order valence-corrected chi connectivity index (χ2v) is 6.70. The van der Waals surface area contributed by atoms with E-state index in [2.05, 4.69) is 33.5 Å². The van der Waals surface area contributed by atoms with Gasteiger partial charge in [0.25, 0.3) is 0 Å². The summed E-state index contributed by atoms with van der Waals surface area (Å²) < 4.78 is 6.13. The van der Waals surface area contributed by atoms with E-state index in [1.54, 1.807) is 7.11 Å². The Labute approximate surface area is 151 Å². The van der Waals surface area contributed by atoms with Crippen molar-refractivity contribution in [3.63, 3.8) is 0 Å². The molecule has 0 heterocycles. The van der Waals surface area contributed by atoms with Crippen LogP contribution in [0.2, 0.25) is 0 Å². The van der Waals surface area contributed by atoms with Crippen molar-refractivity contribution < 1.29 is 9.53 Å². The van der Waals surface area contributed by atoms with Gasteiger partial charge in [-0.15, -0.1) is 0 Å². The van der Waals surface area contributed by atoms with Gasteiger partial charge in [0.1, 0.15) is 5.75 Å². The summed E-state index contributed by atoms with van der Waals surface area (Å²) >= 11 is 3.48. The van der Waals surface area contributed by atoms with Crippen LogP contribution in [0.4, 0.5) is 5.69 Å². The highest BCUT2D eigenvalue weighted by atomic mass is 79.9. The topological polar surface area (TPSA) is 50.4 Å². The van der Waals surface area contributed by atoms with Crippen LogP contribution in [-0.4, -0.2) is 19.6 Å². The highest BCUT2D eigenvalue weighted by Crippen LogP contribution is 2.27. The Morgan fingerprint density at radius 3 is 2.54 bits per heavy atom. The number of carbonyl (C=O) groups excluding carboxylic acids is 1. The van der Waals surface area contributed by atoms with Crippen molar-refractivity contribution in [3.05, 3.63) is 57.6 Å². The standard InChI is InChI=1S/C19H23BrN2O2/c1-12-5-7-16(9-13(12)2)22-19(23)11-21-14(3)15-6-8-18(24-4)17(20)10-15/h5-10,14,21H,11H2,1-4H3,(H,22,23)/t14-/m0/s1. The lowest BCUT2D eigenvalue weighted by Crippen LogP contribution is -2.30. The molecule has 2 N–H and O–H groups in total. The molecule has 0 spiro atoms. The number of benzene rings is 2. The number of ether oxygens (including phenoxy) is 1. The van der Waals surface area contributed by atoms with Crippen molar-refractivity contribution in [3.8, 4) is 5.75 Å². The number of nitrogens with one attached hydrogen (secondary N) is 2. The smallest absolute Gasteiger partial charge is 0.238 e. The van der Waals surface area contributed by atoms with Gasteiger partial charge in [-0.05, 0) is 77.7 Å². The predicted molar refractivity (Wildman–Crippen MR) is 102 cm³/mol. The van der Waals surface area contributed by atoms with Gasteiger partial charge in [-0.25, -0.2) is 0 Å². The molecular weight excluding hydrogens is 368 g/mol. The van der Waals surface area contributed by atoms with Gasteiger partial charge in [0, 0.05) is 11.7 Å². The molecule has 0 fully saturated rings. The van der Waals surface area contributed by atoms with Crippen LogP contribution in [0.3, 0.4) is 0 Å². The second-order valence-electron chi connectivity index (χ2n) is 5.84. The van der Waals surface area contributed by atoms with Crippen molar-refractivity contribution >= 4 is 27.5 Å². The highest BCUT2D eigenvalue weighted by Gasteiger charge is 2.10. The fourth-order valence-corrected chi connectivity index (χ4v) is 2.90. The zero-order chi connectivity index (χ0) is 17.7. The van der Waals surface area contributed by atoms with E-state index in [0.717, 1.165) is 27.0 Å². The first-order valence-electron chi connectivity index (χ1n) is 7.84. The molecule has 1 amide bonds. The zero-order valence-electron chi connectivity index (χ0n) is 14.4. The van der Waals surface area contributed by atoms with Gasteiger partial charge >= 0.3 is 0 Å². The molecule has 0 saturated heterocycles. The van der Waals surface area contributed by atoms with Gasteiger partial charge in [-0.1, -0.05) is 12.1 Å². The third kappa shape index (κ3) is 4.82. The van der Waals surface area contributed by atoms with Crippen molar-refractivity contribution in [2.24, 2.45) is 0 Å². The van der Waals surface area contributed by atoms with Crippen LogP contribution in [0.25, 0.3) is 0 Å². The van der Waals surface area contributed by atoms with Crippen LogP contribution in [-0.2, 0) is 4.79 Å². The van der Waals surface area contributed by atoms with Crippen LogP contribution < -0.4 is 15.4 Å². The molecule has 0 bridgehead atoms. The van der Waals surface area contributed by atoms with Crippen LogP contribution in [0.1, 0.15) is 29.7 Å². The second kappa shape index (κ2) is 8.31. The van der Waals surface area contributed by atoms with Crippen LogP contribution in [0, 0.1) is 13.8 Å². The third-order valence-electron chi connectivity index (χ3n) is 4.04. The molecular formula is C19H23BrN2O2. The van der Waals surface area contributed by atoms with Crippen molar-refractivity contribution in [2.45, 2.75) is 26.8 Å². The lowest BCUT2D eigenvalue weighted by Gasteiger charge is -2.16. The fourth-order valence-electron chi connectivity index (χ4n) is 2.34. The molecule has 0 unspecified atom stereocenters. The molecule has 2 aromatic rings. The number of hydrogen-bond acceptors (Lipinski definition) is 3. The molecule has 0 aliphatic heterocycles. The Morgan fingerprint density at radius 2 is 1.92 bits per heavy atom. The average Bonchev–Trinajstić information content (AvgIpc) is 2.56. The summed E-state index contributed by atoms with van der Waals surface area (Å²) in [5, 5.41) is 6.15. The maximum atomic E-state index is 12.1. The molecule has 4 nitrogen and oxygen atoms in total. The first-order valence-corrected chi connectivity index (χ1v) is 8.64. The van der Waals surface area contributed by atoms with Crippen molar-refractivity contribution in [2.75, 3.05) is 19.0 Å². The number of hydrogen-bond donors (Lipinski definition) is 2. The maximum absolute atomic E-state index is 12.1. The maximum Gasteiger partial charge on any atom is 0.238 e. The van der Waals surface area contributed by atoms with Crippen molar-refractivity contribution in [1.29, 1.82) is 0 Å². The molecule has 0 aromatic heterocycles. The van der Waals surface area contributed by atoms with E-state index in [1.807, 2.05) is 50.2 Å². The van der Waals surface area contributed by atoms with Crippen LogP contribution >= 0.6 is 15.9 Å². The minimum Gasteiger partial charge on any atom is -0.496 e. The Balaban J connectivity index is 1.90. The summed E-state index contributed by atoms with van der Waals surface area (Å²) in [6, 6.07) is 11.9. The third-order valence-corrected chi connectivity index (χ3v) is 4.66. The van der Waals surface area contributed by atoms with E-state index in [4.69, 9.17) is 4.74 Å². The normalized spacial score (nSPS) is 11.9. The van der Waals surface area contributed by atoms with Gasteiger partial charge in [0.05, 0.1) is 18.1 Å². The minimum atomic E-state index is -0.0577. The molecule has 0 aliphatic rings. The van der Waals surface area contributed by atoms with E-state index >= 15 is 0 Å². The van der Waals surface area contributed by atoms with Gasteiger partial charge in [-0.3, -0.25) is 4.79 Å². The van der Waals surface area contributed by atoms with E-state index in [9.17, 15) is 4.79 Å². The largest absolute Gasteiger partial charge is 0.496 e. The number of methoxy groups -OCH3 is 1. The summed E-state index contributed by atoms with van der Waals surface area (Å²) in [4.78, 5) is 12.1. The molecule has 0 radical (unpaired) electrons.